The zero-order chi connectivity index (χ0) is 19.0. The van der Waals surface area contributed by atoms with Crippen LogP contribution in [0.15, 0.2) is 52.7 Å². The van der Waals surface area contributed by atoms with Crippen LogP contribution >= 0.6 is 22.9 Å². The van der Waals surface area contributed by atoms with Crippen LogP contribution in [0.4, 0.5) is 10.8 Å². The molecule has 0 saturated heterocycles. The number of rotatable bonds is 4. The molecule has 2 aromatic heterocycles. The molecule has 0 atom stereocenters. The van der Waals surface area contributed by atoms with Crippen molar-refractivity contribution in [2.45, 2.75) is 20.3 Å². The molecule has 5 nitrogen and oxygen atoms in total. The number of H-pyrrole nitrogens is 1. The van der Waals surface area contributed by atoms with Gasteiger partial charge in [-0.3, -0.25) is 0 Å². The van der Waals surface area contributed by atoms with Crippen molar-refractivity contribution < 1.29 is 5.11 Å². The van der Waals surface area contributed by atoms with Gasteiger partial charge in [-0.1, -0.05) is 48.1 Å². The number of hydrogen-bond acceptors (Lipinski definition) is 5. The Bertz CT molecular complexity index is 1140. The third-order valence-electron chi connectivity index (χ3n) is 4.36. The van der Waals surface area contributed by atoms with Gasteiger partial charge in [-0.2, -0.15) is 0 Å². The first kappa shape index (κ1) is 17.7. The van der Waals surface area contributed by atoms with Crippen LogP contribution in [-0.4, -0.2) is 15.1 Å². The summed E-state index contributed by atoms with van der Waals surface area (Å²) >= 11 is 7.41. The van der Waals surface area contributed by atoms with Crippen molar-refractivity contribution in [3.63, 3.8) is 0 Å². The van der Waals surface area contributed by atoms with E-state index in [0.717, 1.165) is 33.5 Å². The van der Waals surface area contributed by atoms with E-state index in [1.165, 1.54) is 16.9 Å². The van der Waals surface area contributed by atoms with Gasteiger partial charge in [-0.15, -0.1) is 10.2 Å². The van der Waals surface area contributed by atoms with Crippen molar-refractivity contribution in [3.8, 4) is 17.1 Å². The lowest BCUT2D eigenvalue weighted by Gasteiger charge is -1.98. The van der Waals surface area contributed by atoms with E-state index in [2.05, 4.69) is 27.1 Å². The molecule has 0 amide bonds. The summed E-state index contributed by atoms with van der Waals surface area (Å²) in [5.74, 6) is 0.00760. The number of aromatic hydroxyl groups is 1. The molecule has 0 aliphatic heterocycles. The van der Waals surface area contributed by atoms with Gasteiger partial charge in [0.05, 0.1) is 11.2 Å². The summed E-state index contributed by atoms with van der Waals surface area (Å²) in [4.78, 5) is 8.55. The minimum Gasteiger partial charge on any atom is -0.493 e. The zero-order valence-electron chi connectivity index (χ0n) is 14.8. The molecule has 0 bridgehead atoms. The second kappa shape index (κ2) is 7.13. The van der Waals surface area contributed by atoms with E-state index in [1.54, 1.807) is 0 Å². The molecule has 136 valence electrons. The predicted octanol–water partition coefficient (Wildman–Crippen LogP) is 6.94. The van der Waals surface area contributed by atoms with Crippen molar-refractivity contribution in [1.29, 1.82) is 0 Å². The molecule has 2 heterocycles. The summed E-state index contributed by atoms with van der Waals surface area (Å²) in [7, 11) is 0. The van der Waals surface area contributed by atoms with Crippen LogP contribution in [-0.2, 0) is 6.42 Å². The van der Waals surface area contributed by atoms with E-state index >= 15 is 0 Å². The minimum absolute atomic E-state index is 0.00760. The molecule has 27 heavy (non-hydrogen) atoms. The van der Waals surface area contributed by atoms with Gasteiger partial charge in [0.25, 0.3) is 0 Å². The number of azo groups is 1. The third-order valence-corrected chi connectivity index (χ3v) is 5.47. The Morgan fingerprint density at radius 3 is 2.67 bits per heavy atom. The fraction of sp³-hybridized carbons (Fsp3) is 0.150. The maximum Gasteiger partial charge on any atom is 0.230 e. The van der Waals surface area contributed by atoms with Crippen LogP contribution in [0.3, 0.4) is 0 Å². The van der Waals surface area contributed by atoms with E-state index in [4.69, 9.17) is 11.6 Å². The standard InChI is InChI=1S/C20H17ClN4OS/c1-3-12-4-9-16-15(10-12)18(19(26)22-16)24-25-20-23-17(11(2)27-20)13-5-7-14(21)8-6-13/h4-10,22,26H,3H2,1-2H3. The summed E-state index contributed by atoms with van der Waals surface area (Å²) in [6, 6.07) is 13.5. The van der Waals surface area contributed by atoms with E-state index in [-0.39, 0.29) is 5.88 Å². The number of aryl methyl sites for hydroxylation is 2. The number of benzene rings is 2. The smallest absolute Gasteiger partial charge is 0.230 e. The number of nitrogens with one attached hydrogen (secondary N) is 1. The first-order valence-corrected chi connectivity index (χ1v) is 9.73. The highest BCUT2D eigenvalue weighted by Crippen LogP contribution is 2.38. The Hall–Kier alpha value is -2.70. The Kier molecular flexibility index (Phi) is 4.68. The van der Waals surface area contributed by atoms with Gasteiger partial charge < -0.3 is 10.1 Å². The quantitative estimate of drug-likeness (QED) is 0.367. The van der Waals surface area contributed by atoms with Crippen molar-refractivity contribution in [2.24, 2.45) is 10.2 Å². The highest BCUT2D eigenvalue weighted by molar-refractivity contribution is 7.15. The molecule has 0 fully saturated rings. The number of halogens is 1. The SMILES string of the molecule is CCc1ccc2[nH]c(O)c(N=Nc3nc(-c4ccc(Cl)cc4)c(C)s3)c2c1. The zero-order valence-corrected chi connectivity index (χ0v) is 16.4. The molecule has 7 heteroatoms. The molecule has 4 rings (SSSR count). The average molecular weight is 397 g/mol. The number of nitrogens with zero attached hydrogens (tertiary/aromatic N) is 3. The first-order valence-electron chi connectivity index (χ1n) is 8.54. The Balaban J connectivity index is 1.69. The number of hydrogen-bond donors (Lipinski definition) is 2. The van der Waals surface area contributed by atoms with Crippen molar-refractivity contribution >= 4 is 44.7 Å². The molecule has 4 aromatic rings. The van der Waals surface area contributed by atoms with Crippen LogP contribution < -0.4 is 0 Å². The van der Waals surface area contributed by atoms with E-state index in [1.807, 2.05) is 49.4 Å². The lowest BCUT2D eigenvalue weighted by Crippen LogP contribution is -1.79. The van der Waals surface area contributed by atoms with Crippen LogP contribution in [0.1, 0.15) is 17.4 Å². The molecule has 0 spiro atoms. The predicted molar refractivity (Wildman–Crippen MR) is 111 cm³/mol. The Morgan fingerprint density at radius 2 is 1.93 bits per heavy atom. The molecule has 2 N–H and O–H groups in total. The fourth-order valence-electron chi connectivity index (χ4n) is 2.93. The van der Waals surface area contributed by atoms with Crippen LogP contribution in [0.25, 0.3) is 22.2 Å². The average Bonchev–Trinajstić information content (AvgIpc) is 3.19. The first-order chi connectivity index (χ1) is 13.0. The molecule has 0 unspecified atom stereocenters. The molecule has 0 saturated carbocycles. The van der Waals surface area contributed by atoms with Crippen molar-refractivity contribution in [3.05, 3.63) is 57.9 Å². The van der Waals surface area contributed by atoms with Crippen LogP contribution in [0, 0.1) is 6.92 Å². The molecule has 0 radical (unpaired) electrons. The maximum atomic E-state index is 10.2. The highest BCUT2D eigenvalue weighted by Gasteiger charge is 2.13. The van der Waals surface area contributed by atoms with E-state index in [9.17, 15) is 5.11 Å². The van der Waals surface area contributed by atoms with Gasteiger partial charge >= 0.3 is 0 Å². The summed E-state index contributed by atoms with van der Waals surface area (Å²) in [5, 5.41) is 20.8. The van der Waals surface area contributed by atoms with Crippen LogP contribution in [0.2, 0.25) is 5.02 Å². The topological polar surface area (TPSA) is 73.6 Å². The number of aromatic amines is 1. The monoisotopic (exact) mass is 396 g/mol. The number of fused-ring (bicyclic) bond motifs is 1. The molecular weight excluding hydrogens is 380 g/mol. The second-order valence-corrected chi connectivity index (χ2v) is 7.78. The van der Waals surface area contributed by atoms with Gasteiger partial charge in [0.2, 0.25) is 11.0 Å². The van der Waals surface area contributed by atoms with Gasteiger partial charge in [0, 0.05) is 20.8 Å². The van der Waals surface area contributed by atoms with Crippen molar-refractivity contribution in [1.82, 2.24) is 9.97 Å². The lowest BCUT2D eigenvalue weighted by atomic mass is 10.1. The number of aromatic nitrogens is 2. The fourth-order valence-corrected chi connectivity index (χ4v) is 3.80. The van der Waals surface area contributed by atoms with E-state index in [0.29, 0.717) is 15.8 Å². The third kappa shape index (κ3) is 3.46. The second-order valence-electron chi connectivity index (χ2n) is 6.16. The summed E-state index contributed by atoms with van der Waals surface area (Å²) < 4.78 is 0. The minimum atomic E-state index is 0.00760. The number of thiazole rings is 1. The Morgan fingerprint density at radius 1 is 1.15 bits per heavy atom. The molecular formula is C20H17ClN4OS. The largest absolute Gasteiger partial charge is 0.493 e. The highest BCUT2D eigenvalue weighted by atomic mass is 35.5. The molecule has 0 aliphatic carbocycles. The van der Waals surface area contributed by atoms with E-state index < -0.39 is 0 Å². The lowest BCUT2D eigenvalue weighted by molar-refractivity contribution is 0.459. The molecule has 2 aromatic carbocycles. The van der Waals surface area contributed by atoms with Gasteiger partial charge in [0.15, 0.2) is 5.69 Å². The maximum absolute atomic E-state index is 10.2. The van der Waals surface area contributed by atoms with Gasteiger partial charge in [-0.25, -0.2) is 4.98 Å². The Labute approximate surface area is 165 Å². The van der Waals surface area contributed by atoms with Gasteiger partial charge in [-0.05, 0) is 43.2 Å². The molecule has 0 aliphatic rings. The van der Waals surface area contributed by atoms with Gasteiger partial charge in [0.1, 0.15) is 0 Å². The van der Waals surface area contributed by atoms with Crippen LogP contribution in [0.5, 0.6) is 5.88 Å². The summed E-state index contributed by atoms with van der Waals surface area (Å²) in [5.41, 5.74) is 4.28. The summed E-state index contributed by atoms with van der Waals surface area (Å²) in [6.45, 7) is 4.09. The van der Waals surface area contributed by atoms with Crippen molar-refractivity contribution in [2.75, 3.05) is 0 Å². The normalized spacial score (nSPS) is 11.7. The summed E-state index contributed by atoms with van der Waals surface area (Å²) in [6.07, 6.45) is 0.911.